The number of carbonyl (C=O) groups is 1. The Morgan fingerprint density at radius 2 is 2.18 bits per heavy atom. The third kappa shape index (κ3) is 3.16. The topological polar surface area (TPSA) is 54.9 Å². The predicted molar refractivity (Wildman–Crippen MR) is 92.6 cm³/mol. The van der Waals surface area contributed by atoms with Crippen molar-refractivity contribution in [1.29, 1.82) is 0 Å². The second-order valence-corrected chi connectivity index (χ2v) is 8.25. The molecule has 0 radical (unpaired) electrons. The highest BCUT2D eigenvalue weighted by atomic mass is 32.2. The number of carbonyl (C=O) groups excluding carboxylic acids is 1. The van der Waals surface area contributed by atoms with E-state index in [0.29, 0.717) is 5.13 Å². The largest absolute Gasteiger partial charge is 0.302 e. The predicted octanol–water partition coefficient (Wildman–Crippen LogP) is 4.39. The molecule has 4 nitrogen and oxygen atoms in total. The van der Waals surface area contributed by atoms with Gasteiger partial charge in [0, 0.05) is 17.1 Å². The summed E-state index contributed by atoms with van der Waals surface area (Å²) < 4.78 is 2.26. The Balaban J connectivity index is 1.38. The van der Waals surface area contributed by atoms with E-state index in [4.69, 9.17) is 0 Å². The van der Waals surface area contributed by atoms with Gasteiger partial charge in [0.1, 0.15) is 0 Å². The molecular weight excluding hydrogens is 334 g/mol. The van der Waals surface area contributed by atoms with E-state index in [0.717, 1.165) is 34.1 Å². The van der Waals surface area contributed by atoms with Crippen molar-refractivity contribution in [3.05, 3.63) is 35.3 Å². The van der Waals surface area contributed by atoms with E-state index >= 15 is 0 Å². The molecule has 0 bridgehead atoms. The Bertz CT molecular complexity index is 789. The van der Waals surface area contributed by atoms with Crippen molar-refractivity contribution in [2.24, 2.45) is 5.92 Å². The fraction of sp³-hybridized carbons (Fsp3) is 0.267. The molecule has 2 heterocycles. The summed E-state index contributed by atoms with van der Waals surface area (Å²) >= 11 is 4.88. The first-order valence-corrected chi connectivity index (χ1v) is 9.70. The number of amides is 1. The maximum absolute atomic E-state index is 11.7. The zero-order valence-electron chi connectivity index (χ0n) is 11.6. The number of nitrogens with zero attached hydrogens (tertiary/aromatic N) is 2. The maximum Gasteiger partial charge on any atom is 0.229 e. The molecule has 2 aromatic heterocycles. The molecule has 112 valence electrons. The van der Waals surface area contributed by atoms with Gasteiger partial charge in [-0.25, -0.2) is 9.97 Å². The number of para-hydroxylation sites is 1. The molecule has 1 aliphatic carbocycles. The van der Waals surface area contributed by atoms with E-state index in [1.54, 1.807) is 23.1 Å². The van der Waals surface area contributed by atoms with Gasteiger partial charge in [0.05, 0.1) is 15.9 Å². The lowest BCUT2D eigenvalue weighted by atomic mass is 10.3. The first-order valence-electron chi connectivity index (χ1n) is 7.01. The van der Waals surface area contributed by atoms with Crippen molar-refractivity contribution in [2.45, 2.75) is 22.9 Å². The van der Waals surface area contributed by atoms with Gasteiger partial charge in [0.25, 0.3) is 0 Å². The third-order valence-corrected chi connectivity index (χ3v) is 6.37. The number of thiazole rings is 2. The monoisotopic (exact) mass is 347 g/mol. The molecule has 4 rings (SSSR count). The van der Waals surface area contributed by atoms with Crippen LogP contribution >= 0.6 is 34.4 Å². The highest BCUT2D eigenvalue weighted by molar-refractivity contribution is 8.00. The minimum Gasteiger partial charge on any atom is -0.302 e. The van der Waals surface area contributed by atoms with Gasteiger partial charge in [0.2, 0.25) is 5.91 Å². The second kappa shape index (κ2) is 5.98. The standard InChI is InChI=1S/C15H13N3OS3/c19-13(9-5-6-9)18-14-16-10(7-20-14)8-21-15-17-11-3-1-2-4-12(11)22-15/h1-4,7,9H,5-6,8H2,(H,16,18,19). The molecule has 0 spiro atoms. The highest BCUT2D eigenvalue weighted by Gasteiger charge is 2.30. The first kappa shape index (κ1) is 14.2. The molecule has 1 amide bonds. The van der Waals surface area contributed by atoms with E-state index in [2.05, 4.69) is 21.4 Å². The van der Waals surface area contributed by atoms with Crippen molar-refractivity contribution in [3.63, 3.8) is 0 Å². The van der Waals surface area contributed by atoms with E-state index in [1.165, 1.54) is 16.0 Å². The second-order valence-electron chi connectivity index (χ2n) is 5.14. The molecule has 1 N–H and O–H groups in total. The fourth-order valence-electron chi connectivity index (χ4n) is 2.03. The van der Waals surface area contributed by atoms with Gasteiger partial charge in [-0.1, -0.05) is 23.9 Å². The van der Waals surface area contributed by atoms with Crippen LogP contribution in [0.25, 0.3) is 10.2 Å². The summed E-state index contributed by atoms with van der Waals surface area (Å²) in [6.45, 7) is 0. The van der Waals surface area contributed by atoms with Crippen LogP contribution in [-0.2, 0) is 10.5 Å². The van der Waals surface area contributed by atoms with Crippen molar-refractivity contribution in [3.8, 4) is 0 Å². The number of fused-ring (bicyclic) bond motifs is 1. The number of benzene rings is 1. The normalized spacial score (nSPS) is 14.4. The van der Waals surface area contributed by atoms with Gasteiger partial charge in [-0.3, -0.25) is 4.79 Å². The van der Waals surface area contributed by atoms with E-state index in [-0.39, 0.29) is 11.8 Å². The molecular formula is C15H13N3OS3. The average Bonchev–Trinajstić information content (AvgIpc) is 3.15. The summed E-state index contributed by atoms with van der Waals surface area (Å²) in [4.78, 5) is 20.8. The zero-order chi connectivity index (χ0) is 14.9. The van der Waals surface area contributed by atoms with Gasteiger partial charge < -0.3 is 5.32 Å². The van der Waals surface area contributed by atoms with E-state index in [9.17, 15) is 4.79 Å². The maximum atomic E-state index is 11.7. The SMILES string of the molecule is O=C(Nc1nc(CSc2nc3ccccc3s2)cs1)C1CC1. The quantitative estimate of drug-likeness (QED) is 0.695. The summed E-state index contributed by atoms with van der Waals surface area (Å²) in [6.07, 6.45) is 2.02. The van der Waals surface area contributed by atoms with Crippen LogP contribution in [0.4, 0.5) is 5.13 Å². The number of anilines is 1. The van der Waals surface area contributed by atoms with Crippen LogP contribution < -0.4 is 5.32 Å². The minimum atomic E-state index is 0.111. The van der Waals surface area contributed by atoms with Crippen molar-refractivity contribution in [2.75, 3.05) is 5.32 Å². The number of aromatic nitrogens is 2. The summed E-state index contributed by atoms with van der Waals surface area (Å²) in [7, 11) is 0. The summed E-state index contributed by atoms with van der Waals surface area (Å²) in [5.41, 5.74) is 2.03. The lowest BCUT2D eigenvalue weighted by molar-refractivity contribution is -0.117. The van der Waals surface area contributed by atoms with Crippen LogP contribution in [0, 0.1) is 5.92 Å². The molecule has 0 aliphatic heterocycles. The van der Waals surface area contributed by atoms with Gasteiger partial charge in [-0.05, 0) is 25.0 Å². The summed E-state index contributed by atoms with van der Waals surface area (Å²) in [6, 6.07) is 8.16. The van der Waals surface area contributed by atoms with Gasteiger partial charge in [-0.2, -0.15) is 0 Å². The molecule has 0 unspecified atom stereocenters. The molecule has 1 fully saturated rings. The molecule has 0 saturated heterocycles. The third-order valence-electron chi connectivity index (χ3n) is 3.35. The number of hydrogen-bond donors (Lipinski definition) is 1. The number of hydrogen-bond acceptors (Lipinski definition) is 6. The molecule has 0 atom stereocenters. The minimum absolute atomic E-state index is 0.111. The smallest absolute Gasteiger partial charge is 0.229 e. The molecule has 7 heteroatoms. The first-order chi connectivity index (χ1) is 10.8. The molecule has 1 aromatic carbocycles. The average molecular weight is 347 g/mol. The molecule has 1 aliphatic rings. The Morgan fingerprint density at radius 1 is 1.32 bits per heavy atom. The Labute approximate surface area is 140 Å². The number of nitrogens with one attached hydrogen (secondary N) is 1. The molecule has 22 heavy (non-hydrogen) atoms. The van der Waals surface area contributed by atoms with Gasteiger partial charge in [-0.15, -0.1) is 22.7 Å². The van der Waals surface area contributed by atoms with Gasteiger partial charge >= 0.3 is 0 Å². The lowest BCUT2D eigenvalue weighted by Gasteiger charge is -1.97. The number of rotatable bonds is 5. The molecule has 3 aromatic rings. The Morgan fingerprint density at radius 3 is 3.00 bits per heavy atom. The Kier molecular flexibility index (Phi) is 3.85. The van der Waals surface area contributed by atoms with Crippen LogP contribution in [0.2, 0.25) is 0 Å². The van der Waals surface area contributed by atoms with Crippen LogP contribution in [0.15, 0.2) is 34.0 Å². The Hall–Kier alpha value is -1.44. The van der Waals surface area contributed by atoms with Crippen molar-refractivity contribution in [1.82, 2.24) is 9.97 Å². The van der Waals surface area contributed by atoms with Crippen LogP contribution in [0.5, 0.6) is 0 Å². The van der Waals surface area contributed by atoms with Crippen molar-refractivity contribution >= 4 is 55.7 Å². The van der Waals surface area contributed by atoms with Crippen LogP contribution in [-0.4, -0.2) is 15.9 Å². The zero-order valence-corrected chi connectivity index (χ0v) is 14.1. The molecule has 1 saturated carbocycles. The van der Waals surface area contributed by atoms with Gasteiger partial charge in [0.15, 0.2) is 9.47 Å². The number of thioether (sulfide) groups is 1. The highest BCUT2D eigenvalue weighted by Crippen LogP contribution is 2.33. The van der Waals surface area contributed by atoms with E-state index < -0.39 is 0 Å². The summed E-state index contributed by atoms with van der Waals surface area (Å²) in [5, 5.41) is 5.60. The summed E-state index contributed by atoms with van der Waals surface area (Å²) in [5.74, 6) is 1.10. The van der Waals surface area contributed by atoms with Crippen LogP contribution in [0.3, 0.4) is 0 Å². The van der Waals surface area contributed by atoms with E-state index in [1.807, 2.05) is 23.6 Å². The lowest BCUT2D eigenvalue weighted by Crippen LogP contribution is -2.12. The van der Waals surface area contributed by atoms with Crippen LogP contribution in [0.1, 0.15) is 18.5 Å². The van der Waals surface area contributed by atoms with Crippen molar-refractivity contribution < 1.29 is 4.79 Å². The fourth-order valence-corrected chi connectivity index (χ4v) is 4.81.